The lowest BCUT2D eigenvalue weighted by molar-refractivity contribution is -0.127. The molecule has 0 aliphatic carbocycles. The van der Waals surface area contributed by atoms with Crippen LogP contribution < -0.4 is 25.6 Å². The lowest BCUT2D eigenvalue weighted by atomic mass is 10.1. The topological polar surface area (TPSA) is 100 Å². The van der Waals surface area contributed by atoms with Crippen LogP contribution in [0.3, 0.4) is 0 Å². The van der Waals surface area contributed by atoms with Crippen LogP contribution in [0.4, 0.5) is 17.1 Å². The fraction of sp³-hybridized carbons (Fsp3) is 0.500. The fourth-order valence-corrected chi connectivity index (χ4v) is 5.01. The highest BCUT2D eigenvalue weighted by molar-refractivity contribution is 5.99. The summed E-state index contributed by atoms with van der Waals surface area (Å²) < 4.78 is 11.1. The Bertz CT molecular complexity index is 1080. The van der Waals surface area contributed by atoms with Crippen LogP contribution in [-0.2, 0) is 9.53 Å². The van der Waals surface area contributed by atoms with E-state index in [0.717, 1.165) is 44.8 Å². The summed E-state index contributed by atoms with van der Waals surface area (Å²) in [5.74, 6) is 0.459. The second-order valence-corrected chi connectivity index (χ2v) is 9.60. The van der Waals surface area contributed by atoms with Gasteiger partial charge in [0.25, 0.3) is 5.91 Å². The molecule has 200 valence electrons. The molecule has 9 nitrogen and oxygen atoms in total. The van der Waals surface area contributed by atoms with Crippen molar-refractivity contribution >= 4 is 28.9 Å². The average molecular weight is 510 g/mol. The first-order valence-corrected chi connectivity index (χ1v) is 13.1. The number of methoxy groups -OCH3 is 1. The minimum absolute atomic E-state index is 0.197. The number of nitrogens with one attached hydrogen (secondary N) is 1. The monoisotopic (exact) mass is 509 g/mol. The van der Waals surface area contributed by atoms with Crippen LogP contribution in [0.2, 0.25) is 0 Å². The number of likely N-dealkylation sites (tertiary alicyclic amines) is 1. The Morgan fingerprint density at radius 1 is 1.03 bits per heavy atom. The van der Waals surface area contributed by atoms with Crippen molar-refractivity contribution in [1.29, 1.82) is 0 Å². The number of ether oxygens (including phenoxy) is 2. The molecule has 0 spiro atoms. The zero-order chi connectivity index (χ0) is 26.2. The SMILES string of the molecule is COCCOc1cc(N2CCN(c3ccccc3C)CC2)c(N)cc1C(=O)NCCCN1CCCC1=O. The summed E-state index contributed by atoms with van der Waals surface area (Å²) in [7, 11) is 1.62. The van der Waals surface area contributed by atoms with Crippen LogP contribution in [0.15, 0.2) is 36.4 Å². The lowest BCUT2D eigenvalue weighted by Crippen LogP contribution is -2.47. The number of nitrogen functional groups attached to an aromatic ring is 1. The number of carbonyl (C=O) groups excluding carboxylic acids is 2. The first-order valence-electron chi connectivity index (χ1n) is 13.1. The second-order valence-electron chi connectivity index (χ2n) is 9.60. The van der Waals surface area contributed by atoms with E-state index in [2.05, 4.69) is 46.3 Å². The van der Waals surface area contributed by atoms with Gasteiger partial charge in [0.05, 0.1) is 23.5 Å². The Hall–Kier alpha value is -3.46. The van der Waals surface area contributed by atoms with Gasteiger partial charge in [0.1, 0.15) is 12.4 Å². The molecule has 0 bridgehead atoms. The molecule has 2 heterocycles. The summed E-state index contributed by atoms with van der Waals surface area (Å²) in [4.78, 5) is 31.3. The van der Waals surface area contributed by atoms with E-state index in [1.165, 1.54) is 11.3 Å². The Morgan fingerprint density at radius 3 is 2.43 bits per heavy atom. The van der Waals surface area contributed by atoms with Crippen molar-refractivity contribution in [2.45, 2.75) is 26.2 Å². The molecular formula is C28H39N5O4. The number of rotatable bonds is 11. The van der Waals surface area contributed by atoms with Gasteiger partial charge in [-0.05, 0) is 37.5 Å². The van der Waals surface area contributed by atoms with E-state index in [1.54, 1.807) is 13.2 Å². The number of amides is 2. The fourth-order valence-electron chi connectivity index (χ4n) is 5.01. The van der Waals surface area contributed by atoms with Gasteiger partial charge in [-0.25, -0.2) is 0 Å². The van der Waals surface area contributed by atoms with E-state index in [1.807, 2.05) is 11.0 Å². The quantitative estimate of drug-likeness (QED) is 0.355. The minimum Gasteiger partial charge on any atom is -0.490 e. The van der Waals surface area contributed by atoms with Gasteiger partial charge < -0.3 is 35.2 Å². The molecule has 0 saturated carbocycles. The van der Waals surface area contributed by atoms with Crippen molar-refractivity contribution in [1.82, 2.24) is 10.2 Å². The van der Waals surface area contributed by atoms with Crippen molar-refractivity contribution in [2.75, 3.05) is 81.7 Å². The molecule has 2 saturated heterocycles. The van der Waals surface area contributed by atoms with E-state index in [-0.39, 0.29) is 11.8 Å². The number of anilines is 3. The third-order valence-electron chi connectivity index (χ3n) is 7.06. The zero-order valence-electron chi connectivity index (χ0n) is 22.0. The minimum atomic E-state index is -0.234. The molecule has 0 aromatic heterocycles. The van der Waals surface area contributed by atoms with Crippen molar-refractivity contribution < 1.29 is 19.1 Å². The normalized spacial score (nSPS) is 15.8. The maximum absolute atomic E-state index is 13.1. The van der Waals surface area contributed by atoms with Crippen LogP contribution in [0, 0.1) is 6.92 Å². The highest BCUT2D eigenvalue weighted by Gasteiger charge is 2.24. The molecule has 2 fully saturated rings. The van der Waals surface area contributed by atoms with Crippen molar-refractivity contribution in [2.24, 2.45) is 0 Å². The Kier molecular flexibility index (Phi) is 9.11. The van der Waals surface area contributed by atoms with E-state index in [4.69, 9.17) is 15.2 Å². The number of hydrogen-bond donors (Lipinski definition) is 2. The Labute approximate surface area is 219 Å². The predicted octanol–water partition coefficient (Wildman–Crippen LogP) is 2.67. The molecular weight excluding hydrogens is 470 g/mol. The van der Waals surface area contributed by atoms with Gasteiger partial charge in [-0.3, -0.25) is 9.59 Å². The number of carbonyl (C=O) groups is 2. The number of aryl methyl sites for hydroxylation is 1. The number of benzene rings is 2. The van der Waals surface area contributed by atoms with Crippen molar-refractivity contribution in [3.63, 3.8) is 0 Å². The summed E-state index contributed by atoms with van der Waals surface area (Å²) in [6, 6.07) is 12.0. The number of nitrogens with zero attached hydrogens (tertiary/aromatic N) is 3. The molecule has 4 rings (SSSR count). The van der Waals surface area contributed by atoms with Gasteiger partial charge in [-0.1, -0.05) is 18.2 Å². The molecule has 0 unspecified atom stereocenters. The van der Waals surface area contributed by atoms with Gasteiger partial charge in [0, 0.05) is 71.1 Å². The molecule has 0 atom stereocenters. The summed E-state index contributed by atoms with van der Waals surface area (Å²) in [5, 5.41) is 2.96. The van der Waals surface area contributed by atoms with Gasteiger partial charge >= 0.3 is 0 Å². The van der Waals surface area contributed by atoms with Gasteiger partial charge in [0.15, 0.2) is 0 Å². The van der Waals surface area contributed by atoms with E-state index >= 15 is 0 Å². The smallest absolute Gasteiger partial charge is 0.255 e. The van der Waals surface area contributed by atoms with Crippen LogP contribution in [0.5, 0.6) is 5.75 Å². The lowest BCUT2D eigenvalue weighted by Gasteiger charge is -2.38. The number of para-hydroxylation sites is 1. The second kappa shape index (κ2) is 12.7. The Morgan fingerprint density at radius 2 is 1.76 bits per heavy atom. The number of hydrogen-bond acceptors (Lipinski definition) is 7. The van der Waals surface area contributed by atoms with Gasteiger partial charge in [0.2, 0.25) is 5.91 Å². The summed E-state index contributed by atoms with van der Waals surface area (Å²) in [6.45, 7) is 8.22. The molecule has 3 N–H and O–H groups in total. The van der Waals surface area contributed by atoms with E-state index in [0.29, 0.717) is 56.1 Å². The Balaban J connectivity index is 1.41. The number of nitrogens with two attached hydrogens (primary N) is 1. The zero-order valence-corrected chi connectivity index (χ0v) is 22.0. The van der Waals surface area contributed by atoms with Gasteiger partial charge in [-0.2, -0.15) is 0 Å². The van der Waals surface area contributed by atoms with Crippen LogP contribution in [0.1, 0.15) is 35.2 Å². The molecule has 2 amide bonds. The first-order chi connectivity index (χ1) is 18.0. The van der Waals surface area contributed by atoms with Crippen LogP contribution in [0.25, 0.3) is 0 Å². The molecule has 2 aromatic rings. The predicted molar refractivity (Wildman–Crippen MR) is 147 cm³/mol. The van der Waals surface area contributed by atoms with E-state index < -0.39 is 0 Å². The number of piperazine rings is 1. The van der Waals surface area contributed by atoms with Gasteiger partial charge in [-0.15, -0.1) is 0 Å². The largest absolute Gasteiger partial charge is 0.490 e. The summed E-state index contributed by atoms with van der Waals surface area (Å²) in [6.07, 6.45) is 2.25. The van der Waals surface area contributed by atoms with Crippen LogP contribution in [-0.4, -0.2) is 82.9 Å². The maximum Gasteiger partial charge on any atom is 0.255 e. The molecule has 9 heteroatoms. The maximum atomic E-state index is 13.1. The molecule has 2 aliphatic rings. The molecule has 2 aliphatic heterocycles. The summed E-state index contributed by atoms with van der Waals surface area (Å²) >= 11 is 0. The third-order valence-corrected chi connectivity index (χ3v) is 7.06. The molecule has 2 aromatic carbocycles. The molecule has 0 radical (unpaired) electrons. The highest BCUT2D eigenvalue weighted by Crippen LogP contribution is 2.33. The third kappa shape index (κ3) is 6.65. The average Bonchev–Trinajstić information content (AvgIpc) is 3.32. The highest BCUT2D eigenvalue weighted by atomic mass is 16.5. The van der Waals surface area contributed by atoms with Crippen molar-refractivity contribution in [3.8, 4) is 5.75 Å². The molecule has 37 heavy (non-hydrogen) atoms. The first kappa shape index (κ1) is 26.6. The van der Waals surface area contributed by atoms with E-state index in [9.17, 15) is 9.59 Å². The standard InChI is InChI=1S/C28H39N5O4/c1-21-7-3-4-8-24(21)31-13-15-32(16-14-31)25-20-26(37-18-17-36-2)22(19-23(25)29)28(35)30-10-6-12-33-11-5-9-27(33)34/h3-4,7-8,19-20H,5-6,9-18,29H2,1-2H3,(H,30,35). The van der Waals surface area contributed by atoms with Crippen LogP contribution >= 0.6 is 0 Å². The summed E-state index contributed by atoms with van der Waals surface area (Å²) in [5.41, 5.74) is 10.8. The van der Waals surface area contributed by atoms with Crippen molar-refractivity contribution in [3.05, 3.63) is 47.5 Å².